The molecule has 2 heterocycles. The highest BCUT2D eigenvalue weighted by molar-refractivity contribution is 7.89. The quantitative estimate of drug-likeness (QED) is 0.384. The highest BCUT2D eigenvalue weighted by Gasteiger charge is 2.18. The monoisotopic (exact) mass is 470 g/mol. The van der Waals surface area contributed by atoms with Crippen molar-refractivity contribution in [1.82, 2.24) is 20.3 Å². The van der Waals surface area contributed by atoms with Crippen LogP contribution in [-0.4, -0.2) is 51.6 Å². The largest absolute Gasteiger partial charge is 0.493 e. The lowest BCUT2D eigenvalue weighted by molar-refractivity contribution is 0.0947. The van der Waals surface area contributed by atoms with Gasteiger partial charge in [0.15, 0.2) is 0 Å². The lowest BCUT2D eigenvalue weighted by Crippen LogP contribution is -2.41. The first-order chi connectivity index (χ1) is 15.9. The molecule has 1 aliphatic rings. The standard InChI is InChI=1S/C24H30N4O4S/c1-17(28-33(30,31)21-5-3-2-4-6-21)15-26-24(29)23-14-19-13-20(7-8-22(19)27-23)32-16-18-9-11-25-12-10-18/h2-8,13-14,17-18,25,27-28H,9-12,15-16H2,1H3,(H,26,29). The Morgan fingerprint density at radius 2 is 1.88 bits per heavy atom. The second kappa shape index (κ2) is 10.4. The fraction of sp³-hybridized carbons (Fsp3) is 0.375. The van der Waals surface area contributed by atoms with E-state index in [-0.39, 0.29) is 17.3 Å². The first-order valence-electron chi connectivity index (χ1n) is 11.2. The Morgan fingerprint density at radius 3 is 2.64 bits per heavy atom. The molecule has 1 aromatic heterocycles. The number of H-pyrrole nitrogens is 1. The Bertz CT molecular complexity index is 1190. The number of fused-ring (bicyclic) bond motifs is 1. The van der Waals surface area contributed by atoms with E-state index in [0.29, 0.717) is 18.2 Å². The molecule has 0 bridgehead atoms. The van der Waals surface area contributed by atoms with Crippen LogP contribution in [0.3, 0.4) is 0 Å². The Kier molecular flexibility index (Phi) is 7.32. The van der Waals surface area contributed by atoms with Crippen LogP contribution in [0.4, 0.5) is 0 Å². The summed E-state index contributed by atoms with van der Waals surface area (Å²) in [5.41, 5.74) is 1.26. The van der Waals surface area contributed by atoms with Gasteiger partial charge in [0, 0.05) is 23.5 Å². The van der Waals surface area contributed by atoms with Gasteiger partial charge < -0.3 is 20.4 Å². The van der Waals surface area contributed by atoms with Crippen LogP contribution in [0.2, 0.25) is 0 Å². The summed E-state index contributed by atoms with van der Waals surface area (Å²) < 4.78 is 33.4. The van der Waals surface area contributed by atoms with E-state index in [1.54, 1.807) is 31.2 Å². The summed E-state index contributed by atoms with van der Waals surface area (Å²) in [5, 5.41) is 7.03. The second-order valence-electron chi connectivity index (χ2n) is 8.48. The van der Waals surface area contributed by atoms with Crippen molar-refractivity contribution >= 4 is 26.8 Å². The molecule has 1 fully saturated rings. The summed E-state index contributed by atoms with van der Waals surface area (Å²) in [7, 11) is -3.64. The molecule has 3 aromatic rings. The van der Waals surface area contributed by atoms with Gasteiger partial charge in [0.1, 0.15) is 11.4 Å². The van der Waals surface area contributed by atoms with Gasteiger partial charge in [0.25, 0.3) is 5.91 Å². The SMILES string of the molecule is CC(CNC(=O)c1cc2cc(OCC3CCNCC3)ccc2[nH]1)NS(=O)(=O)c1ccccc1. The summed E-state index contributed by atoms with van der Waals surface area (Å²) in [6.07, 6.45) is 2.24. The van der Waals surface area contributed by atoms with Crippen LogP contribution < -0.4 is 20.1 Å². The molecular formula is C24H30N4O4S. The number of ether oxygens (including phenoxy) is 1. The van der Waals surface area contributed by atoms with Crippen molar-refractivity contribution < 1.29 is 17.9 Å². The first kappa shape index (κ1) is 23.3. The number of amides is 1. The number of sulfonamides is 1. The number of aromatic nitrogens is 1. The van der Waals surface area contributed by atoms with Gasteiger partial charge in [-0.05, 0) is 75.2 Å². The number of aromatic amines is 1. The van der Waals surface area contributed by atoms with Crippen molar-refractivity contribution in [3.8, 4) is 5.75 Å². The third kappa shape index (κ3) is 6.13. The number of hydrogen-bond donors (Lipinski definition) is 4. The maximum Gasteiger partial charge on any atom is 0.267 e. The van der Waals surface area contributed by atoms with Crippen LogP contribution in [0.25, 0.3) is 10.9 Å². The van der Waals surface area contributed by atoms with E-state index in [0.717, 1.165) is 42.6 Å². The van der Waals surface area contributed by atoms with Gasteiger partial charge in [0.05, 0.1) is 11.5 Å². The summed E-state index contributed by atoms with van der Waals surface area (Å²) in [5.74, 6) is 1.06. The van der Waals surface area contributed by atoms with Crippen LogP contribution in [-0.2, 0) is 10.0 Å². The lowest BCUT2D eigenvalue weighted by Gasteiger charge is -2.22. The summed E-state index contributed by atoms with van der Waals surface area (Å²) in [6.45, 7) is 4.63. The van der Waals surface area contributed by atoms with Crippen molar-refractivity contribution in [3.05, 3.63) is 60.3 Å². The Hall–Kier alpha value is -2.88. The number of carbonyl (C=O) groups is 1. The van der Waals surface area contributed by atoms with Gasteiger partial charge in [0.2, 0.25) is 10.0 Å². The molecular weight excluding hydrogens is 440 g/mol. The average molecular weight is 471 g/mol. The van der Waals surface area contributed by atoms with Crippen molar-refractivity contribution in [2.45, 2.75) is 30.7 Å². The zero-order valence-electron chi connectivity index (χ0n) is 18.6. The number of carbonyl (C=O) groups excluding carboxylic acids is 1. The molecule has 4 N–H and O–H groups in total. The average Bonchev–Trinajstić information content (AvgIpc) is 3.26. The molecule has 1 saturated heterocycles. The third-order valence-electron chi connectivity index (χ3n) is 5.76. The molecule has 33 heavy (non-hydrogen) atoms. The lowest BCUT2D eigenvalue weighted by atomic mass is 9.99. The molecule has 1 aliphatic heterocycles. The fourth-order valence-electron chi connectivity index (χ4n) is 3.90. The smallest absolute Gasteiger partial charge is 0.267 e. The van der Waals surface area contributed by atoms with E-state index < -0.39 is 16.1 Å². The maximum absolute atomic E-state index is 12.6. The van der Waals surface area contributed by atoms with Crippen LogP contribution in [0.5, 0.6) is 5.75 Å². The van der Waals surface area contributed by atoms with Crippen LogP contribution in [0.1, 0.15) is 30.3 Å². The van der Waals surface area contributed by atoms with Crippen molar-refractivity contribution in [2.75, 3.05) is 26.2 Å². The summed E-state index contributed by atoms with van der Waals surface area (Å²) in [4.78, 5) is 15.9. The number of nitrogens with one attached hydrogen (secondary N) is 4. The minimum atomic E-state index is -3.64. The topological polar surface area (TPSA) is 112 Å². The van der Waals surface area contributed by atoms with Crippen LogP contribution in [0.15, 0.2) is 59.5 Å². The molecule has 0 aliphatic carbocycles. The molecule has 2 aromatic carbocycles. The van der Waals surface area contributed by atoms with Crippen LogP contribution >= 0.6 is 0 Å². The third-order valence-corrected chi connectivity index (χ3v) is 7.37. The number of piperidine rings is 1. The zero-order chi connectivity index (χ0) is 23.3. The van der Waals surface area contributed by atoms with Gasteiger partial charge in [-0.15, -0.1) is 0 Å². The highest BCUT2D eigenvalue weighted by Crippen LogP contribution is 2.23. The van der Waals surface area contributed by atoms with Crippen molar-refractivity contribution in [1.29, 1.82) is 0 Å². The summed E-state index contributed by atoms with van der Waals surface area (Å²) >= 11 is 0. The molecule has 176 valence electrons. The van der Waals surface area contributed by atoms with E-state index >= 15 is 0 Å². The molecule has 9 heteroatoms. The predicted molar refractivity (Wildman–Crippen MR) is 128 cm³/mol. The first-order valence-corrected chi connectivity index (χ1v) is 12.7. The van der Waals surface area contributed by atoms with E-state index in [4.69, 9.17) is 4.74 Å². The molecule has 1 unspecified atom stereocenters. The summed E-state index contributed by atoms with van der Waals surface area (Å²) in [6, 6.07) is 15.2. The Balaban J connectivity index is 1.32. The number of benzene rings is 2. The molecule has 0 radical (unpaired) electrons. The van der Waals surface area contributed by atoms with E-state index in [1.807, 2.05) is 18.2 Å². The normalized spacial score (nSPS) is 15.9. The van der Waals surface area contributed by atoms with Crippen LogP contribution in [0, 0.1) is 5.92 Å². The van der Waals surface area contributed by atoms with Crippen molar-refractivity contribution in [3.63, 3.8) is 0 Å². The molecule has 4 rings (SSSR count). The van der Waals surface area contributed by atoms with E-state index in [1.165, 1.54) is 12.1 Å². The van der Waals surface area contributed by atoms with E-state index in [2.05, 4.69) is 20.3 Å². The minimum absolute atomic E-state index is 0.158. The predicted octanol–water partition coefficient (Wildman–Crippen LogP) is 2.64. The van der Waals surface area contributed by atoms with Crippen molar-refractivity contribution in [2.24, 2.45) is 5.92 Å². The molecule has 8 nitrogen and oxygen atoms in total. The van der Waals surface area contributed by atoms with Gasteiger partial charge in [-0.3, -0.25) is 4.79 Å². The van der Waals surface area contributed by atoms with Gasteiger partial charge >= 0.3 is 0 Å². The van der Waals surface area contributed by atoms with Gasteiger partial charge in [-0.25, -0.2) is 13.1 Å². The number of hydrogen-bond acceptors (Lipinski definition) is 5. The molecule has 0 saturated carbocycles. The zero-order valence-corrected chi connectivity index (χ0v) is 19.5. The molecule has 1 atom stereocenters. The Labute approximate surface area is 194 Å². The highest BCUT2D eigenvalue weighted by atomic mass is 32.2. The van der Waals surface area contributed by atoms with E-state index in [9.17, 15) is 13.2 Å². The Morgan fingerprint density at radius 1 is 1.12 bits per heavy atom. The molecule has 0 spiro atoms. The minimum Gasteiger partial charge on any atom is -0.493 e. The fourth-order valence-corrected chi connectivity index (χ4v) is 5.17. The number of rotatable bonds is 9. The second-order valence-corrected chi connectivity index (χ2v) is 10.2. The van der Waals surface area contributed by atoms with Gasteiger partial charge in [-0.1, -0.05) is 18.2 Å². The van der Waals surface area contributed by atoms with Gasteiger partial charge in [-0.2, -0.15) is 0 Å². The maximum atomic E-state index is 12.6. The molecule has 1 amide bonds.